The predicted molar refractivity (Wildman–Crippen MR) is 132 cm³/mol. The van der Waals surface area contributed by atoms with Gasteiger partial charge in [-0.15, -0.1) is 0 Å². The van der Waals surface area contributed by atoms with Crippen LogP contribution in [0.2, 0.25) is 10.0 Å². The molecule has 1 saturated heterocycles. The minimum atomic E-state index is -0.566. The number of hydrogen-bond acceptors (Lipinski definition) is 5. The van der Waals surface area contributed by atoms with E-state index in [9.17, 15) is 14.7 Å². The lowest BCUT2D eigenvalue weighted by molar-refractivity contribution is -0.132. The number of fused-ring (bicyclic) bond motifs is 1. The second kappa shape index (κ2) is 10.2. The number of halogens is 2. The third-order valence-electron chi connectivity index (χ3n) is 7.14. The summed E-state index contributed by atoms with van der Waals surface area (Å²) in [7, 11) is 2.07. The third-order valence-corrected chi connectivity index (χ3v) is 7.88. The maximum absolute atomic E-state index is 12.9. The molecule has 2 fully saturated rings. The fraction of sp³-hybridized carbons (Fsp3) is 0.462. The molecule has 182 valence electrons. The molecule has 1 unspecified atom stereocenters. The van der Waals surface area contributed by atoms with E-state index in [0.717, 1.165) is 30.6 Å². The second-order valence-corrected chi connectivity index (χ2v) is 10.4. The van der Waals surface area contributed by atoms with Gasteiger partial charge in [-0.3, -0.25) is 9.59 Å². The van der Waals surface area contributed by atoms with Crippen molar-refractivity contribution in [2.75, 3.05) is 20.1 Å². The Balaban J connectivity index is 1.57. The van der Waals surface area contributed by atoms with Gasteiger partial charge in [-0.25, -0.2) is 0 Å². The summed E-state index contributed by atoms with van der Waals surface area (Å²) < 4.78 is 5.34. The quantitative estimate of drug-likeness (QED) is 0.475. The second-order valence-electron chi connectivity index (χ2n) is 9.59. The van der Waals surface area contributed by atoms with E-state index in [0.29, 0.717) is 28.6 Å². The van der Waals surface area contributed by atoms with Gasteiger partial charge in [0.1, 0.15) is 5.75 Å². The summed E-state index contributed by atoms with van der Waals surface area (Å²) in [6, 6.07) is 12.6. The Morgan fingerprint density at radius 2 is 2.00 bits per heavy atom. The maximum atomic E-state index is 12.9. The summed E-state index contributed by atoms with van der Waals surface area (Å²) in [6.07, 6.45) is 1.67. The number of aliphatic hydroxyl groups excluding tert-OH is 1. The molecule has 0 bridgehead atoms. The smallest absolute Gasteiger partial charge is 0.308 e. The summed E-state index contributed by atoms with van der Waals surface area (Å²) >= 11 is 12.1. The molecule has 1 heterocycles. The summed E-state index contributed by atoms with van der Waals surface area (Å²) in [6.45, 7) is 3.03. The zero-order valence-electron chi connectivity index (χ0n) is 19.4. The highest BCUT2D eigenvalue weighted by Crippen LogP contribution is 2.49. The number of ether oxygens (including phenoxy) is 1. The first-order valence-corrected chi connectivity index (χ1v) is 12.3. The van der Waals surface area contributed by atoms with Crippen LogP contribution in [0.5, 0.6) is 5.75 Å². The molecule has 8 heteroatoms. The van der Waals surface area contributed by atoms with E-state index in [1.165, 1.54) is 6.92 Å². The van der Waals surface area contributed by atoms with Gasteiger partial charge in [0.25, 0.3) is 0 Å². The molecule has 4 atom stereocenters. The lowest BCUT2D eigenvalue weighted by Crippen LogP contribution is -2.60. The number of aliphatic hydroxyl groups is 1. The summed E-state index contributed by atoms with van der Waals surface area (Å²) in [4.78, 5) is 26.6. The highest BCUT2D eigenvalue weighted by atomic mass is 35.5. The lowest BCUT2D eigenvalue weighted by atomic mass is 9.57. The van der Waals surface area contributed by atoms with Crippen LogP contribution in [-0.2, 0) is 21.4 Å². The van der Waals surface area contributed by atoms with Gasteiger partial charge in [0.2, 0.25) is 5.91 Å². The van der Waals surface area contributed by atoms with Crippen molar-refractivity contribution in [2.45, 2.75) is 50.2 Å². The average Bonchev–Trinajstić information content (AvgIpc) is 2.77. The number of esters is 1. The van der Waals surface area contributed by atoms with E-state index in [1.54, 1.807) is 24.3 Å². The van der Waals surface area contributed by atoms with Gasteiger partial charge in [0.05, 0.1) is 22.6 Å². The van der Waals surface area contributed by atoms with Gasteiger partial charge in [0.15, 0.2) is 0 Å². The van der Waals surface area contributed by atoms with Crippen LogP contribution in [0.4, 0.5) is 0 Å². The summed E-state index contributed by atoms with van der Waals surface area (Å²) in [5.74, 6) is 0.0239. The van der Waals surface area contributed by atoms with Crippen LogP contribution in [0.15, 0.2) is 42.5 Å². The molecule has 4 rings (SSSR count). The molecular weight excluding hydrogens is 475 g/mol. The average molecular weight is 505 g/mol. The first kappa shape index (κ1) is 25.0. The molecule has 2 aliphatic rings. The van der Waals surface area contributed by atoms with E-state index in [4.69, 9.17) is 27.9 Å². The van der Waals surface area contributed by atoms with Crippen molar-refractivity contribution in [3.05, 3.63) is 63.6 Å². The third kappa shape index (κ3) is 5.41. The van der Waals surface area contributed by atoms with Crippen molar-refractivity contribution in [3.63, 3.8) is 0 Å². The molecule has 2 aromatic rings. The molecule has 0 radical (unpaired) electrons. The highest BCUT2D eigenvalue weighted by molar-refractivity contribution is 6.42. The molecule has 0 aromatic heterocycles. The molecule has 1 aliphatic carbocycles. The summed E-state index contributed by atoms with van der Waals surface area (Å²) in [5, 5.41) is 15.2. The number of benzene rings is 2. The molecule has 34 heavy (non-hydrogen) atoms. The highest BCUT2D eigenvalue weighted by Gasteiger charge is 2.51. The van der Waals surface area contributed by atoms with E-state index >= 15 is 0 Å². The van der Waals surface area contributed by atoms with Crippen LogP contribution in [0, 0.1) is 5.92 Å². The van der Waals surface area contributed by atoms with Crippen LogP contribution >= 0.6 is 23.2 Å². The Bertz CT molecular complexity index is 1080. The molecule has 6 nitrogen and oxygen atoms in total. The molecule has 2 N–H and O–H groups in total. The van der Waals surface area contributed by atoms with Crippen molar-refractivity contribution in [1.82, 2.24) is 10.2 Å². The number of piperidine rings is 1. The van der Waals surface area contributed by atoms with Crippen molar-refractivity contribution in [3.8, 4) is 5.75 Å². The van der Waals surface area contributed by atoms with Gasteiger partial charge in [0, 0.05) is 30.8 Å². The van der Waals surface area contributed by atoms with Gasteiger partial charge in [-0.1, -0.05) is 41.4 Å². The molecule has 1 amide bonds. The Kier molecular flexibility index (Phi) is 7.53. The first-order chi connectivity index (χ1) is 16.2. The number of amides is 1. The topological polar surface area (TPSA) is 78.9 Å². The fourth-order valence-corrected chi connectivity index (χ4v) is 5.96. The number of likely N-dealkylation sites (tertiary alicyclic amines) is 1. The fourth-order valence-electron chi connectivity index (χ4n) is 5.63. The van der Waals surface area contributed by atoms with Gasteiger partial charge in [-0.05, 0) is 68.2 Å². The Morgan fingerprint density at radius 1 is 1.21 bits per heavy atom. The zero-order valence-corrected chi connectivity index (χ0v) is 20.9. The lowest BCUT2D eigenvalue weighted by Gasteiger charge is -2.54. The van der Waals surface area contributed by atoms with Crippen LogP contribution < -0.4 is 10.1 Å². The standard InChI is InChI=1S/C26H30Cl2N2O4/c1-16(31)34-20-5-3-4-18(12-20)26-8-9-30(2)15-21(26)24(32)13-19(14-26)29-25(33)11-17-6-7-22(27)23(28)10-17/h3-7,10,12,19,21,24,32H,8-9,11,13-15H2,1-2H3,(H,29,33)/t19-,21+,24?,26+/m1/s1. The zero-order chi connectivity index (χ0) is 24.5. The largest absolute Gasteiger partial charge is 0.427 e. The molecule has 1 aliphatic heterocycles. The minimum absolute atomic E-state index is 0.0158. The van der Waals surface area contributed by atoms with E-state index in [2.05, 4.69) is 17.3 Å². The number of carbonyl (C=O) groups excluding carboxylic acids is 2. The van der Waals surface area contributed by atoms with Crippen molar-refractivity contribution < 1.29 is 19.4 Å². The van der Waals surface area contributed by atoms with Crippen LogP contribution in [0.25, 0.3) is 0 Å². The van der Waals surface area contributed by atoms with Crippen LogP contribution in [-0.4, -0.2) is 54.2 Å². The number of nitrogens with zero attached hydrogens (tertiary/aromatic N) is 1. The Labute approximate surface area is 210 Å². The SMILES string of the molecule is CC(=O)Oc1cccc([C@@]23CCN(C)C[C@H]2C(O)C[C@@H](NC(=O)Cc2ccc(Cl)c(Cl)c2)C3)c1. The number of carbonyl (C=O) groups is 2. The molecular formula is C26H30Cl2N2O4. The normalized spacial score (nSPS) is 27.0. The van der Waals surface area contributed by atoms with E-state index in [-0.39, 0.29) is 35.7 Å². The molecule has 2 aromatic carbocycles. The maximum Gasteiger partial charge on any atom is 0.308 e. The monoisotopic (exact) mass is 504 g/mol. The Hall–Kier alpha value is -2.12. The number of rotatable bonds is 5. The number of hydrogen-bond donors (Lipinski definition) is 2. The van der Waals surface area contributed by atoms with Crippen molar-refractivity contribution in [2.24, 2.45) is 5.92 Å². The van der Waals surface area contributed by atoms with Gasteiger partial charge >= 0.3 is 5.97 Å². The van der Waals surface area contributed by atoms with Crippen LogP contribution in [0.3, 0.4) is 0 Å². The summed E-state index contributed by atoms with van der Waals surface area (Å²) in [5.41, 5.74) is 1.48. The first-order valence-electron chi connectivity index (χ1n) is 11.5. The van der Waals surface area contributed by atoms with E-state index in [1.807, 2.05) is 18.2 Å². The molecule has 0 spiro atoms. The predicted octanol–water partition coefficient (Wildman–Crippen LogP) is 3.99. The van der Waals surface area contributed by atoms with Gasteiger partial charge in [-0.2, -0.15) is 0 Å². The molecule has 1 saturated carbocycles. The minimum Gasteiger partial charge on any atom is -0.427 e. The van der Waals surface area contributed by atoms with Gasteiger partial charge < -0.3 is 20.1 Å². The van der Waals surface area contributed by atoms with Crippen LogP contribution in [0.1, 0.15) is 37.3 Å². The van der Waals surface area contributed by atoms with Crippen molar-refractivity contribution in [1.29, 1.82) is 0 Å². The van der Waals surface area contributed by atoms with E-state index < -0.39 is 6.10 Å². The van der Waals surface area contributed by atoms with Crippen molar-refractivity contribution >= 4 is 35.1 Å². The Morgan fingerprint density at radius 3 is 2.74 bits per heavy atom. The number of nitrogens with one attached hydrogen (secondary N) is 1.